The lowest BCUT2D eigenvalue weighted by Gasteiger charge is -2.11. The molecule has 32 heavy (non-hydrogen) atoms. The second-order valence-corrected chi connectivity index (χ2v) is 8.85. The lowest BCUT2D eigenvalue weighted by molar-refractivity contribution is 0.395. The summed E-state index contributed by atoms with van der Waals surface area (Å²) in [5.74, 6) is 2.28. The molecule has 4 rings (SSSR count). The molecule has 0 aliphatic rings. The molecule has 9 nitrogen and oxygen atoms in total. The molecule has 2 heterocycles. The number of rotatable bonds is 7. The molecule has 0 radical (unpaired) electrons. The molecular formula is C22H20N4O5S. The van der Waals surface area contributed by atoms with Crippen LogP contribution in [0.15, 0.2) is 70.1 Å². The van der Waals surface area contributed by atoms with Gasteiger partial charge in [0.25, 0.3) is 5.89 Å². The van der Waals surface area contributed by atoms with E-state index in [0.717, 1.165) is 6.26 Å². The first kappa shape index (κ1) is 21.3. The van der Waals surface area contributed by atoms with Crippen LogP contribution in [-0.4, -0.2) is 44.1 Å². The predicted octanol–water partition coefficient (Wildman–Crippen LogP) is 3.96. The number of ether oxygens (including phenoxy) is 2. The van der Waals surface area contributed by atoms with E-state index >= 15 is 0 Å². The predicted molar refractivity (Wildman–Crippen MR) is 119 cm³/mol. The molecule has 0 aliphatic carbocycles. The van der Waals surface area contributed by atoms with E-state index in [0.29, 0.717) is 34.1 Å². The van der Waals surface area contributed by atoms with Crippen LogP contribution in [-0.2, 0) is 9.84 Å². The standard InChI is InChI=1S/C22H20N4O5S/c1-29-16-11-15(12-17(13-16)30-2)24-20-19(5-4-10-23-20)22-26-25-21(31-22)14-6-8-18(9-7-14)32(3,27)28/h4-13H,1-3H3,(H,23,24). The first-order valence-electron chi connectivity index (χ1n) is 9.47. The number of pyridine rings is 1. The van der Waals surface area contributed by atoms with Crippen LogP contribution in [0.4, 0.5) is 11.5 Å². The van der Waals surface area contributed by atoms with Gasteiger partial charge in [-0.15, -0.1) is 10.2 Å². The van der Waals surface area contributed by atoms with Crippen LogP contribution < -0.4 is 14.8 Å². The van der Waals surface area contributed by atoms with Crippen LogP contribution in [0.3, 0.4) is 0 Å². The molecule has 2 aromatic carbocycles. The molecule has 10 heteroatoms. The summed E-state index contributed by atoms with van der Waals surface area (Å²) in [6.45, 7) is 0. The zero-order valence-electron chi connectivity index (χ0n) is 17.6. The molecule has 0 unspecified atom stereocenters. The lowest BCUT2D eigenvalue weighted by Crippen LogP contribution is -1.98. The highest BCUT2D eigenvalue weighted by Crippen LogP contribution is 2.32. The first-order valence-corrected chi connectivity index (χ1v) is 11.4. The van der Waals surface area contributed by atoms with Crippen molar-refractivity contribution in [3.63, 3.8) is 0 Å². The smallest absolute Gasteiger partial charge is 0.251 e. The lowest BCUT2D eigenvalue weighted by atomic mass is 10.2. The zero-order chi connectivity index (χ0) is 22.7. The molecule has 0 aliphatic heterocycles. The van der Waals surface area contributed by atoms with E-state index in [1.165, 1.54) is 12.1 Å². The normalized spacial score (nSPS) is 11.2. The summed E-state index contributed by atoms with van der Waals surface area (Å²) in [7, 11) is -0.133. The summed E-state index contributed by atoms with van der Waals surface area (Å²) in [4.78, 5) is 4.61. The fraction of sp³-hybridized carbons (Fsp3) is 0.136. The van der Waals surface area contributed by atoms with Gasteiger partial charge in [-0.1, -0.05) is 0 Å². The van der Waals surface area contributed by atoms with Crippen molar-refractivity contribution < 1.29 is 22.3 Å². The Bertz CT molecular complexity index is 1330. The Morgan fingerprint density at radius 1 is 0.906 bits per heavy atom. The van der Waals surface area contributed by atoms with Gasteiger partial charge < -0.3 is 19.2 Å². The number of aromatic nitrogens is 3. The molecule has 0 atom stereocenters. The van der Waals surface area contributed by atoms with Crippen molar-refractivity contribution in [2.45, 2.75) is 4.90 Å². The molecule has 0 saturated carbocycles. The van der Waals surface area contributed by atoms with E-state index in [2.05, 4.69) is 20.5 Å². The average Bonchev–Trinajstić information content (AvgIpc) is 3.29. The molecule has 1 N–H and O–H groups in total. The van der Waals surface area contributed by atoms with E-state index in [9.17, 15) is 8.42 Å². The third-order valence-electron chi connectivity index (χ3n) is 4.61. The molecule has 0 amide bonds. The summed E-state index contributed by atoms with van der Waals surface area (Å²) in [5.41, 5.74) is 1.91. The molecular weight excluding hydrogens is 432 g/mol. The fourth-order valence-electron chi connectivity index (χ4n) is 2.99. The van der Waals surface area contributed by atoms with Crippen LogP contribution in [0.2, 0.25) is 0 Å². The maximum Gasteiger partial charge on any atom is 0.251 e. The summed E-state index contributed by atoms with van der Waals surface area (Å²) >= 11 is 0. The number of sulfone groups is 1. The van der Waals surface area contributed by atoms with Crippen molar-refractivity contribution >= 4 is 21.3 Å². The SMILES string of the molecule is COc1cc(Nc2ncccc2-c2nnc(-c3ccc(S(C)(=O)=O)cc3)o2)cc(OC)c1. The van der Waals surface area contributed by atoms with Crippen LogP contribution in [0.5, 0.6) is 11.5 Å². The minimum absolute atomic E-state index is 0.216. The monoisotopic (exact) mass is 452 g/mol. The van der Waals surface area contributed by atoms with Crippen LogP contribution in [0, 0.1) is 0 Å². The molecule has 0 saturated heterocycles. The quantitative estimate of drug-likeness (QED) is 0.444. The second kappa shape index (κ2) is 8.67. The second-order valence-electron chi connectivity index (χ2n) is 6.83. The van der Waals surface area contributed by atoms with Gasteiger partial charge >= 0.3 is 0 Å². The van der Waals surface area contributed by atoms with E-state index in [1.807, 2.05) is 12.1 Å². The van der Waals surface area contributed by atoms with Gasteiger partial charge in [-0.25, -0.2) is 13.4 Å². The van der Waals surface area contributed by atoms with Gasteiger partial charge in [0.1, 0.15) is 17.3 Å². The molecule has 2 aromatic heterocycles. The van der Waals surface area contributed by atoms with Gasteiger partial charge in [-0.2, -0.15) is 0 Å². The number of nitrogens with one attached hydrogen (secondary N) is 1. The highest BCUT2D eigenvalue weighted by Gasteiger charge is 2.16. The van der Waals surface area contributed by atoms with Gasteiger partial charge in [0.2, 0.25) is 5.89 Å². The minimum Gasteiger partial charge on any atom is -0.497 e. The van der Waals surface area contributed by atoms with Crippen LogP contribution in [0.25, 0.3) is 22.9 Å². The number of hydrogen-bond donors (Lipinski definition) is 1. The van der Waals surface area contributed by atoms with Gasteiger partial charge in [-0.3, -0.25) is 0 Å². The number of methoxy groups -OCH3 is 2. The van der Waals surface area contributed by atoms with Gasteiger partial charge in [0.05, 0.1) is 24.7 Å². The van der Waals surface area contributed by atoms with E-state index in [4.69, 9.17) is 13.9 Å². The number of nitrogens with zero attached hydrogens (tertiary/aromatic N) is 3. The third-order valence-corrected chi connectivity index (χ3v) is 5.74. The van der Waals surface area contributed by atoms with Crippen LogP contribution >= 0.6 is 0 Å². The minimum atomic E-state index is -3.29. The van der Waals surface area contributed by atoms with Crippen molar-refractivity contribution in [2.24, 2.45) is 0 Å². The highest BCUT2D eigenvalue weighted by molar-refractivity contribution is 7.90. The number of anilines is 2. The average molecular weight is 452 g/mol. The van der Waals surface area contributed by atoms with E-state index < -0.39 is 9.84 Å². The maximum absolute atomic E-state index is 11.7. The topological polar surface area (TPSA) is 116 Å². The third kappa shape index (κ3) is 4.54. The Balaban J connectivity index is 1.65. The molecule has 0 fully saturated rings. The fourth-order valence-corrected chi connectivity index (χ4v) is 3.62. The van der Waals surface area contributed by atoms with Gasteiger partial charge in [0.15, 0.2) is 9.84 Å². The van der Waals surface area contributed by atoms with Gasteiger partial charge in [0, 0.05) is 41.9 Å². The van der Waals surface area contributed by atoms with Crippen molar-refractivity contribution in [3.05, 3.63) is 60.8 Å². The largest absolute Gasteiger partial charge is 0.497 e. The molecule has 0 bridgehead atoms. The van der Waals surface area contributed by atoms with Crippen molar-refractivity contribution in [1.29, 1.82) is 0 Å². The molecule has 0 spiro atoms. The Morgan fingerprint density at radius 3 is 2.19 bits per heavy atom. The highest BCUT2D eigenvalue weighted by atomic mass is 32.2. The first-order chi connectivity index (χ1) is 15.4. The van der Waals surface area contributed by atoms with Crippen molar-refractivity contribution in [3.8, 4) is 34.4 Å². The van der Waals surface area contributed by atoms with Crippen molar-refractivity contribution in [2.75, 3.05) is 25.8 Å². The molecule has 164 valence electrons. The van der Waals surface area contributed by atoms with E-state index in [-0.39, 0.29) is 16.7 Å². The Labute approximate surface area is 185 Å². The molecule has 4 aromatic rings. The number of benzene rings is 2. The summed E-state index contributed by atoms with van der Waals surface area (Å²) < 4.78 is 39.8. The van der Waals surface area contributed by atoms with Gasteiger partial charge in [-0.05, 0) is 36.4 Å². The summed E-state index contributed by atoms with van der Waals surface area (Å²) in [6.07, 6.45) is 2.80. The Morgan fingerprint density at radius 2 is 1.56 bits per heavy atom. The number of hydrogen-bond acceptors (Lipinski definition) is 9. The Hall–Kier alpha value is -3.92. The summed E-state index contributed by atoms with van der Waals surface area (Å²) in [6, 6.07) is 15.2. The summed E-state index contributed by atoms with van der Waals surface area (Å²) in [5, 5.41) is 11.5. The zero-order valence-corrected chi connectivity index (χ0v) is 18.4. The Kier molecular flexibility index (Phi) is 5.78. The van der Waals surface area contributed by atoms with Crippen LogP contribution in [0.1, 0.15) is 0 Å². The van der Waals surface area contributed by atoms with Crippen molar-refractivity contribution in [1.82, 2.24) is 15.2 Å². The van der Waals surface area contributed by atoms with E-state index in [1.54, 1.807) is 50.7 Å². The maximum atomic E-state index is 11.7.